The van der Waals surface area contributed by atoms with Crippen LogP contribution in [-0.4, -0.2) is 0 Å². The van der Waals surface area contributed by atoms with Crippen molar-refractivity contribution in [1.29, 1.82) is 0 Å². The van der Waals surface area contributed by atoms with Crippen molar-refractivity contribution in [3.05, 3.63) is 34.9 Å². The SMILES string of the molecule is FC(F)(F)c1cc(C#CBr)cc(C(F)(F)F)c1. The summed E-state index contributed by atoms with van der Waals surface area (Å²) in [7, 11) is 0. The monoisotopic (exact) mass is 316 g/mol. The van der Waals surface area contributed by atoms with Gasteiger partial charge in [0.2, 0.25) is 0 Å². The first-order valence-electron chi connectivity index (χ1n) is 4.05. The average molecular weight is 317 g/mol. The van der Waals surface area contributed by atoms with Gasteiger partial charge in [0.1, 0.15) is 0 Å². The average Bonchev–Trinajstić information content (AvgIpc) is 2.15. The van der Waals surface area contributed by atoms with Crippen LogP contribution in [0.25, 0.3) is 0 Å². The van der Waals surface area contributed by atoms with E-state index >= 15 is 0 Å². The zero-order valence-corrected chi connectivity index (χ0v) is 9.46. The predicted octanol–water partition coefficient (Wildman–Crippen LogP) is 4.43. The van der Waals surface area contributed by atoms with E-state index in [2.05, 4.69) is 26.7 Å². The van der Waals surface area contributed by atoms with Gasteiger partial charge in [-0.05, 0) is 23.0 Å². The molecule has 1 aromatic carbocycles. The Kier molecular flexibility index (Phi) is 3.77. The number of rotatable bonds is 0. The first-order chi connectivity index (χ1) is 7.64. The molecular formula is C10H3BrF6. The predicted molar refractivity (Wildman–Crippen MR) is 52.3 cm³/mol. The van der Waals surface area contributed by atoms with Crippen LogP contribution in [0.4, 0.5) is 26.3 Å². The molecule has 0 unspecified atom stereocenters. The lowest BCUT2D eigenvalue weighted by Crippen LogP contribution is -2.11. The first kappa shape index (κ1) is 13.9. The molecule has 0 N–H and O–H groups in total. The summed E-state index contributed by atoms with van der Waals surface area (Å²) in [5.74, 6) is 2.10. The van der Waals surface area contributed by atoms with Crippen molar-refractivity contribution < 1.29 is 26.3 Å². The lowest BCUT2D eigenvalue weighted by Gasteiger charge is -2.12. The standard InChI is InChI=1S/C10H3BrF6/c11-2-1-6-3-7(9(12,13)14)5-8(4-6)10(15,16)17/h3-5H. The van der Waals surface area contributed by atoms with Gasteiger partial charge in [-0.15, -0.1) is 0 Å². The second-order valence-electron chi connectivity index (χ2n) is 3.01. The van der Waals surface area contributed by atoms with E-state index in [9.17, 15) is 26.3 Å². The molecule has 1 aromatic rings. The van der Waals surface area contributed by atoms with Crippen molar-refractivity contribution in [1.82, 2.24) is 0 Å². The second-order valence-corrected chi connectivity index (χ2v) is 3.41. The molecule has 0 bridgehead atoms. The van der Waals surface area contributed by atoms with E-state index in [1.165, 1.54) is 0 Å². The van der Waals surface area contributed by atoms with Crippen LogP contribution in [0.3, 0.4) is 0 Å². The number of hydrogen-bond donors (Lipinski definition) is 0. The highest BCUT2D eigenvalue weighted by Crippen LogP contribution is 2.36. The molecule has 17 heavy (non-hydrogen) atoms. The highest BCUT2D eigenvalue weighted by Gasteiger charge is 2.36. The van der Waals surface area contributed by atoms with Gasteiger partial charge in [0.05, 0.1) is 11.1 Å². The van der Waals surface area contributed by atoms with Crippen molar-refractivity contribution in [2.45, 2.75) is 12.4 Å². The second kappa shape index (κ2) is 4.61. The third kappa shape index (κ3) is 3.66. The Labute approximate surface area is 101 Å². The summed E-state index contributed by atoms with van der Waals surface area (Å²) in [6, 6.07) is 1.17. The Morgan fingerprint density at radius 2 is 1.24 bits per heavy atom. The van der Waals surface area contributed by atoms with Crippen LogP contribution in [0.15, 0.2) is 18.2 Å². The van der Waals surface area contributed by atoms with Gasteiger partial charge in [-0.2, -0.15) is 26.3 Å². The Morgan fingerprint density at radius 3 is 1.53 bits per heavy atom. The highest BCUT2D eigenvalue weighted by molar-refractivity contribution is 9.12. The topological polar surface area (TPSA) is 0 Å². The fraction of sp³-hybridized carbons (Fsp3) is 0.200. The minimum absolute atomic E-state index is 0.0550. The Morgan fingerprint density at radius 1 is 0.824 bits per heavy atom. The number of hydrogen-bond acceptors (Lipinski definition) is 0. The van der Waals surface area contributed by atoms with Crippen molar-refractivity contribution in [2.75, 3.05) is 0 Å². The third-order valence-electron chi connectivity index (χ3n) is 1.78. The van der Waals surface area contributed by atoms with Gasteiger partial charge in [-0.1, -0.05) is 5.92 Å². The van der Waals surface area contributed by atoms with E-state index in [1.54, 1.807) is 0 Å². The minimum Gasteiger partial charge on any atom is -0.166 e. The smallest absolute Gasteiger partial charge is 0.166 e. The summed E-state index contributed by atoms with van der Waals surface area (Å²) >= 11 is 2.61. The van der Waals surface area contributed by atoms with Gasteiger partial charge in [-0.3, -0.25) is 0 Å². The van der Waals surface area contributed by atoms with Gasteiger partial charge in [0.25, 0.3) is 0 Å². The van der Waals surface area contributed by atoms with Gasteiger partial charge in [0, 0.05) is 21.5 Å². The number of alkyl halides is 6. The van der Waals surface area contributed by atoms with Gasteiger partial charge < -0.3 is 0 Å². The van der Waals surface area contributed by atoms with Crippen LogP contribution >= 0.6 is 15.9 Å². The highest BCUT2D eigenvalue weighted by atomic mass is 79.9. The van der Waals surface area contributed by atoms with Crippen LogP contribution in [-0.2, 0) is 12.4 Å². The van der Waals surface area contributed by atoms with Crippen molar-refractivity contribution >= 4 is 15.9 Å². The lowest BCUT2D eigenvalue weighted by atomic mass is 10.1. The van der Waals surface area contributed by atoms with Gasteiger partial charge in [0.15, 0.2) is 0 Å². The third-order valence-corrected chi connectivity index (χ3v) is 1.98. The van der Waals surface area contributed by atoms with Crippen LogP contribution in [0.2, 0.25) is 0 Å². The largest absolute Gasteiger partial charge is 0.416 e. The molecule has 7 heteroatoms. The normalized spacial score (nSPS) is 11.9. The fourth-order valence-corrected chi connectivity index (χ4v) is 1.31. The summed E-state index contributed by atoms with van der Waals surface area (Å²) in [5.41, 5.74) is -3.11. The van der Waals surface area contributed by atoms with E-state index in [0.717, 1.165) is 0 Å². The summed E-state index contributed by atoms with van der Waals surface area (Å²) in [4.78, 5) is 2.07. The molecule has 0 aromatic heterocycles. The van der Waals surface area contributed by atoms with Crippen molar-refractivity contribution in [2.24, 2.45) is 0 Å². The molecule has 0 amide bonds. The van der Waals surface area contributed by atoms with E-state index in [0.29, 0.717) is 12.1 Å². The summed E-state index contributed by atoms with van der Waals surface area (Å²) in [5, 5.41) is 0. The molecule has 0 fully saturated rings. The van der Waals surface area contributed by atoms with Crippen molar-refractivity contribution in [3.8, 4) is 10.8 Å². The van der Waals surface area contributed by atoms with Gasteiger partial charge >= 0.3 is 12.4 Å². The molecular weight excluding hydrogens is 314 g/mol. The Bertz CT molecular complexity index is 442. The lowest BCUT2D eigenvalue weighted by molar-refractivity contribution is -0.143. The van der Waals surface area contributed by atoms with Crippen LogP contribution < -0.4 is 0 Å². The maximum absolute atomic E-state index is 12.3. The molecule has 0 spiro atoms. The molecule has 0 aliphatic rings. The maximum Gasteiger partial charge on any atom is 0.416 e. The molecule has 92 valence electrons. The van der Waals surface area contributed by atoms with Crippen LogP contribution in [0, 0.1) is 10.8 Å². The van der Waals surface area contributed by atoms with Crippen molar-refractivity contribution in [3.63, 3.8) is 0 Å². The summed E-state index contributed by atoms with van der Waals surface area (Å²) in [6.07, 6.45) is -9.69. The van der Waals surface area contributed by atoms with Crippen LogP contribution in [0.1, 0.15) is 16.7 Å². The number of halogens is 7. The van der Waals surface area contributed by atoms with E-state index in [4.69, 9.17) is 0 Å². The van der Waals surface area contributed by atoms with Crippen LogP contribution in [0.5, 0.6) is 0 Å². The molecule has 0 aliphatic heterocycles. The minimum atomic E-state index is -4.84. The zero-order valence-electron chi connectivity index (χ0n) is 7.88. The summed E-state index contributed by atoms with van der Waals surface area (Å²) in [6.45, 7) is 0. The molecule has 0 atom stereocenters. The molecule has 0 radical (unpaired) electrons. The molecule has 0 saturated carbocycles. The molecule has 1 rings (SSSR count). The molecule has 0 aliphatic carbocycles. The Hall–Kier alpha value is -1.16. The van der Waals surface area contributed by atoms with E-state index < -0.39 is 23.5 Å². The maximum atomic E-state index is 12.3. The summed E-state index contributed by atoms with van der Waals surface area (Å²) < 4.78 is 74.1. The number of benzene rings is 1. The molecule has 0 heterocycles. The molecule has 0 nitrogen and oxygen atoms in total. The fourth-order valence-electron chi connectivity index (χ4n) is 1.08. The first-order valence-corrected chi connectivity index (χ1v) is 4.85. The van der Waals surface area contributed by atoms with Gasteiger partial charge in [-0.25, -0.2) is 0 Å². The van der Waals surface area contributed by atoms with E-state index in [-0.39, 0.29) is 11.6 Å². The zero-order chi connectivity index (χ0) is 13.3. The molecule has 0 saturated heterocycles. The van der Waals surface area contributed by atoms with E-state index in [1.807, 2.05) is 0 Å². The Balaban J connectivity index is 3.43. The quantitative estimate of drug-likeness (QED) is 0.491.